The van der Waals surface area contributed by atoms with Crippen molar-refractivity contribution in [2.75, 3.05) is 6.54 Å². The van der Waals surface area contributed by atoms with Crippen LogP contribution in [0.15, 0.2) is 18.3 Å². The minimum Gasteiger partial charge on any atom is -0.388 e. The molecule has 0 bridgehead atoms. The number of hydrogen-bond acceptors (Lipinski definition) is 3. The molecule has 90 valence electrons. The van der Waals surface area contributed by atoms with Crippen LogP contribution in [-0.2, 0) is 12.8 Å². The third kappa shape index (κ3) is 3.03. The van der Waals surface area contributed by atoms with E-state index in [0.29, 0.717) is 6.42 Å². The van der Waals surface area contributed by atoms with Crippen molar-refractivity contribution in [3.63, 3.8) is 0 Å². The van der Waals surface area contributed by atoms with Crippen molar-refractivity contribution < 1.29 is 5.11 Å². The maximum atomic E-state index is 10.3. The van der Waals surface area contributed by atoms with Gasteiger partial charge < -0.3 is 10.8 Å². The Hall–Kier alpha value is -0.930. The number of aliphatic hydroxyl groups is 1. The summed E-state index contributed by atoms with van der Waals surface area (Å²) in [5, 5.41) is 10.3. The van der Waals surface area contributed by atoms with E-state index in [1.54, 1.807) is 0 Å². The van der Waals surface area contributed by atoms with Gasteiger partial charge in [0.1, 0.15) is 0 Å². The number of aryl methyl sites for hydroxylation is 1. The van der Waals surface area contributed by atoms with Crippen LogP contribution in [0.3, 0.4) is 0 Å². The molecule has 0 saturated heterocycles. The lowest BCUT2D eigenvalue weighted by atomic mass is 9.86. The molecule has 1 heterocycles. The highest BCUT2D eigenvalue weighted by molar-refractivity contribution is 5.15. The van der Waals surface area contributed by atoms with E-state index in [1.807, 2.05) is 26.1 Å². The van der Waals surface area contributed by atoms with Crippen LogP contribution in [0.1, 0.15) is 32.0 Å². The molecule has 0 saturated carbocycles. The van der Waals surface area contributed by atoms with E-state index in [0.717, 1.165) is 12.1 Å². The normalized spacial score (nSPS) is 15.1. The van der Waals surface area contributed by atoms with Crippen molar-refractivity contribution in [2.45, 2.75) is 39.2 Å². The number of nitrogens with zero attached hydrogens (tertiary/aromatic N) is 1. The smallest absolute Gasteiger partial charge is 0.0847 e. The van der Waals surface area contributed by atoms with Crippen molar-refractivity contribution in [1.82, 2.24) is 4.98 Å². The second kappa shape index (κ2) is 5.41. The van der Waals surface area contributed by atoms with Gasteiger partial charge in [0.15, 0.2) is 0 Å². The Kier molecular flexibility index (Phi) is 4.44. The summed E-state index contributed by atoms with van der Waals surface area (Å²) in [7, 11) is 0. The molecule has 0 radical (unpaired) electrons. The Morgan fingerprint density at radius 2 is 2.12 bits per heavy atom. The summed E-state index contributed by atoms with van der Waals surface area (Å²) >= 11 is 0. The fourth-order valence-electron chi connectivity index (χ4n) is 1.59. The molecule has 0 aliphatic heterocycles. The van der Waals surface area contributed by atoms with Gasteiger partial charge in [0.05, 0.1) is 5.60 Å². The maximum absolute atomic E-state index is 10.3. The quantitative estimate of drug-likeness (QED) is 0.794. The van der Waals surface area contributed by atoms with Gasteiger partial charge in [-0.15, -0.1) is 0 Å². The Balaban J connectivity index is 2.78. The van der Waals surface area contributed by atoms with Crippen LogP contribution in [-0.4, -0.2) is 22.2 Å². The standard InChI is InChI=1S/C13H22N2O/c1-4-11-5-6-12(15-8-11)7-13(16,9-14)10(2)3/h5-6,8,10,16H,4,7,9,14H2,1-3H3. The second-order valence-electron chi connectivity index (χ2n) is 4.65. The lowest BCUT2D eigenvalue weighted by molar-refractivity contribution is 0.00323. The van der Waals surface area contributed by atoms with E-state index in [2.05, 4.69) is 18.0 Å². The third-order valence-electron chi connectivity index (χ3n) is 3.21. The Bertz CT molecular complexity index is 321. The lowest BCUT2D eigenvalue weighted by Gasteiger charge is -2.30. The molecule has 16 heavy (non-hydrogen) atoms. The monoisotopic (exact) mass is 222 g/mol. The molecule has 0 spiro atoms. The molecule has 1 aromatic heterocycles. The topological polar surface area (TPSA) is 59.1 Å². The van der Waals surface area contributed by atoms with Crippen LogP contribution in [0.2, 0.25) is 0 Å². The highest BCUT2D eigenvalue weighted by atomic mass is 16.3. The molecular formula is C13H22N2O. The van der Waals surface area contributed by atoms with Crippen molar-refractivity contribution in [3.8, 4) is 0 Å². The predicted octanol–water partition coefficient (Wildman–Crippen LogP) is 1.53. The van der Waals surface area contributed by atoms with Crippen LogP contribution < -0.4 is 5.73 Å². The fraction of sp³-hybridized carbons (Fsp3) is 0.615. The van der Waals surface area contributed by atoms with E-state index < -0.39 is 5.60 Å². The highest BCUT2D eigenvalue weighted by Crippen LogP contribution is 2.20. The second-order valence-corrected chi connectivity index (χ2v) is 4.65. The Morgan fingerprint density at radius 1 is 1.44 bits per heavy atom. The molecule has 1 atom stereocenters. The van der Waals surface area contributed by atoms with Gasteiger partial charge in [0.2, 0.25) is 0 Å². The van der Waals surface area contributed by atoms with Crippen LogP contribution in [0.25, 0.3) is 0 Å². The molecule has 3 heteroatoms. The van der Waals surface area contributed by atoms with Gasteiger partial charge in [0, 0.05) is 24.9 Å². The van der Waals surface area contributed by atoms with Gasteiger partial charge in [-0.1, -0.05) is 26.8 Å². The van der Waals surface area contributed by atoms with E-state index in [9.17, 15) is 5.11 Å². The van der Waals surface area contributed by atoms with Gasteiger partial charge in [-0.2, -0.15) is 0 Å². The van der Waals surface area contributed by atoms with Gasteiger partial charge in [-0.25, -0.2) is 0 Å². The molecule has 0 aliphatic rings. The van der Waals surface area contributed by atoms with Crippen LogP contribution in [0, 0.1) is 5.92 Å². The molecular weight excluding hydrogens is 200 g/mol. The van der Waals surface area contributed by atoms with Gasteiger partial charge in [-0.3, -0.25) is 4.98 Å². The van der Waals surface area contributed by atoms with Crippen molar-refractivity contribution in [1.29, 1.82) is 0 Å². The first kappa shape index (κ1) is 13.1. The summed E-state index contributed by atoms with van der Waals surface area (Å²) in [4.78, 5) is 4.35. The number of hydrogen-bond donors (Lipinski definition) is 2. The minimum atomic E-state index is -0.846. The van der Waals surface area contributed by atoms with Gasteiger partial charge >= 0.3 is 0 Å². The van der Waals surface area contributed by atoms with Crippen molar-refractivity contribution in [2.24, 2.45) is 11.7 Å². The molecule has 1 aromatic rings. The van der Waals surface area contributed by atoms with Crippen LogP contribution in [0.4, 0.5) is 0 Å². The summed E-state index contributed by atoms with van der Waals surface area (Å²) in [6.45, 7) is 6.32. The summed E-state index contributed by atoms with van der Waals surface area (Å²) in [5.74, 6) is 0.130. The Morgan fingerprint density at radius 3 is 2.50 bits per heavy atom. The first-order valence-electron chi connectivity index (χ1n) is 5.88. The minimum absolute atomic E-state index is 0.130. The highest BCUT2D eigenvalue weighted by Gasteiger charge is 2.29. The van der Waals surface area contributed by atoms with Crippen molar-refractivity contribution in [3.05, 3.63) is 29.6 Å². The van der Waals surface area contributed by atoms with E-state index >= 15 is 0 Å². The number of aromatic nitrogens is 1. The lowest BCUT2D eigenvalue weighted by Crippen LogP contribution is -2.45. The molecule has 0 fully saturated rings. The van der Waals surface area contributed by atoms with Crippen molar-refractivity contribution >= 4 is 0 Å². The summed E-state index contributed by atoms with van der Waals surface area (Å²) in [5.41, 5.74) is 6.90. The molecule has 1 rings (SSSR count). The number of nitrogens with two attached hydrogens (primary N) is 1. The molecule has 3 nitrogen and oxygen atoms in total. The summed E-state index contributed by atoms with van der Waals surface area (Å²) in [6.07, 6.45) is 3.37. The fourth-order valence-corrected chi connectivity index (χ4v) is 1.59. The average Bonchev–Trinajstić information content (AvgIpc) is 2.29. The molecule has 1 unspecified atom stereocenters. The summed E-state index contributed by atoms with van der Waals surface area (Å²) < 4.78 is 0. The van der Waals surface area contributed by atoms with E-state index in [-0.39, 0.29) is 12.5 Å². The Labute approximate surface area is 97.7 Å². The van der Waals surface area contributed by atoms with Crippen LogP contribution in [0.5, 0.6) is 0 Å². The molecule has 0 amide bonds. The summed E-state index contributed by atoms with van der Waals surface area (Å²) in [6, 6.07) is 4.03. The molecule has 0 aliphatic carbocycles. The first-order chi connectivity index (χ1) is 7.51. The number of rotatable bonds is 5. The van der Waals surface area contributed by atoms with E-state index in [4.69, 9.17) is 5.73 Å². The number of pyridine rings is 1. The predicted molar refractivity (Wildman–Crippen MR) is 66.2 cm³/mol. The van der Waals surface area contributed by atoms with Crippen LogP contribution >= 0.6 is 0 Å². The molecule has 3 N–H and O–H groups in total. The van der Waals surface area contributed by atoms with E-state index in [1.165, 1.54) is 5.56 Å². The average molecular weight is 222 g/mol. The van der Waals surface area contributed by atoms with Gasteiger partial charge in [0.25, 0.3) is 0 Å². The zero-order valence-electron chi connectivity index (χ0n) is 10.4. The largest absolute Gasteiger partial charge is 0.388 e. The first-order valence-corrected chi connectivity index (χ1v) is 5.88. The third-order valence-corrected chi connectivity index (χ3v) is 3.21. The maximum Gasteiger partial charge on any atom is 0.0847 e. The zero-order chi connectivity index (χ0) is 12.2. The van der Waals surface area contributed by atoms with Gasteiger partial charge in [-0.05, 0) is 24.0 Å². The molecule has 0 aromatic carbocycles. The zero-order valence-corrected chi connectivity index (χ0v) is 10.4. The SMILES string of the molecule is CCc1ccc(CC(O)(CN)C(C)C)nc1.